The first-order valence-corrected chi connectivity index (χ1v) is 20.8. The van der Waals surface area contributed by atoms with E-state index in [1.54, 1.807) is 7.11 Å². The predicted molar refractivity (Wildman–Crippen MR) is 197 cm³/mol. The predicted octanol–water partition coefficient (Wildman–Crippen LogP) is 6.36. The van der Waals surface area contributed by atoms with Crippen molar-refractivity contribution in [1.29, 1.82) is 0 Å². The Labute approximate surface area is 304 Å². The van der Waals surface area contributed by atoms with Crippen molar-refractivity contribution in [2.75, 3.05) is 59.6 Å². The van der Waals surface area contributed by atoms with Gasteiger partial charge >= 0.3 is 0 Å². The van der Waals surface area contributed by atoms with Crippen molar-refractivity contribution in [3.05, 3.63) is 0 Å². The monoisotopic (exact) mass is 703 g/mol. The second-order valence-corrected chi connectivity index (χ2v) is 20.0. The van der Waals surface area contributed by atoms with Crippen molar-refractivity contribution in [3.63, 3.8) is 0 Å². The fourth-order valence-electron chi connectivity index (χ4n) is 14.4. The van der Waals surface area contributed by atoms with Gasteiger partial charge in [0.1, 0.15) is 6.10 Å². The molecule has 13 atom stereocenters. The summed E-state index contributed by atoms with van der Waals surface area (Å²) in [5, 5.41) is 23.2. The summed E-state index contributed by atoms with van der Waals surface area (Å²) < 4.78 is 25.4. The third kappa shape index (κ3) is 5.81. The van der Waals surface area contributed by atoms with Gasteiger partial charge in [0.05, 0.1) is 30.5 Å². The van der Waals surface area contributed by atoms with Gasteiger partial charge < -0.3 is 34.1 Å². The van der Waals surface area contributed by atoms with Crippen molar-refractivity contribution < 1.29 is 29.2 Å². The van der Waals surface area contributed by atoms with Gasteiger partial charge in [-0.2, -0.15) is 0 Å². The molecule has 7 rings (SSSR count). The highest BCUT2D eigenvalue weighted by molar-refractivity contribution is 5.31. The number of morpholine rings is 1. The number of nitrogens with zero attached hydrogens (tertiary/aromatic N) is 2. The first-order valence-electron chi connectivity index (χ1n) is 20.8. The minimum absolute atomic E-state index is 0.0716. The largest absolute Gasteiger partial charge is 0.393 e. The molecule has 2 N–H and O–H groups in total. The number of likely N-dealkylation sites (tertiary alicyclic amines) is 1. The Morgan fingerprint density at radius 1 is 0.940 bits per heavy atom. The van der Waals surface area contributed by atoms with E-state index in [9.17, 15) is 10.2 Å². The molecule has 0 aromatic heterocycles. The summed E-state index contributed by atoms with van der Waals surface area (Å²) in [6, 6.07) is 0. The summed E-state index contributed by atoms with van der Waals surface area (Å²) in [5.74, 6) is 2.00. The molecule has 7 fully saturated rings. The van der Waals surface area contributed by atoms with E-state index in [0.29, 0.717) is 41.1 Å². The van der Waals surface area contributed by atoms with Gasteiger partial charge in [0.2, 0.25) is 0 Å². The van der Waals surface area contributed by atoms with Gasteiger partial charge in [-0.25, -0.2) is 0 Å². The van der Waals surface area contributed by atoms with E-state index in [0.717, 1.165) is 45.5 Å². The molecule has 8 heteroatoms. The maximum Gasteiger partial charge on any atom is 0.170 e. The van der Waals surface area contributed by atoms with Crippen LogP contribution in [0.1, 0.15) is 120 Å². The Bertz CT molecular complexity index is 1210. The quantitative estimate of drug-likeness (QED) is 0.230. The van der Waals surface area contributed by atoms with Crippen LogP contribution < -0.4 is 0 Å². The first-order chi connectivity index (χ1) is 23.6. The van der Waals surface area contributed by atoms with Crippen LogP contribution in [0.2, 0.25) is 0 Å². The number of fused-ring (bicyclic) bond motifs is 2. The zero-order chi connectivity index (χ0) is 35.9. The van der Waals surface area contributed by atoms with Gasteiger partial charge in [-0.1, -0.05) is 34.6 Å². The van der Waals surface area contributed by atoms with Crippen molar-refractivity contribution in [1.82, 2.24) is 9.80 Å². The average Bonchev–Trinajstić information content (AvgIpc) is 3.65. The molecule has 0 aromatic rings. The van der Waals surface area contributed by atoms with Crippen LogP contribution in [0.15, 0.2) is 0 Å². The normalized spacial score (nSPS) is 46.1. The third-order valence-corrected chi connectivity index (χ3v) is 17.3. The van der Waals surface area contributed by atoms with Crippen LogP contribution in [0.4, 0.5) is 0 Å². The number of hydrogen-bond acceptors (Lipinski definition) is 8. The number of rotatable bonds is 13. The minimum atomic E-state index is -0.991. The molecule has 50 heavy (non-hydrogen) atoms. The zero-order valence-corrected chi connectivity index (χ0v) is 33.3. The second kappa shape index (κ2) is 13.5. The Kier molecular flexibility index (Phi) is 10.2. The molecule has 0 amide bonds. The van der Waals surface area contributed by atoms with Crippen LogP contribution in [0.25, 0.3) is 0 Å². The van der Waals surface area contributed by atoms with E-state index < -0.39 is 5.60 Å². The Hall–Kier alpha value is -0.320. The number of aliphatic hydroxyl groups is 2. The molecule has 5 aliphatic carbocycles. The second-order valence-electron chi connectivity index (χ2n) is 20.0. The van der Waals surface area contributed by atoms with Crippen LogP contribution in [0.3, 0.4) is 0 Å². The lowest BCUT2D eigenvalue weighted by Gasteiger charge is -2.64. The minimum Gasteiger partial charge on any atom is -0.393 e. The molecule has 2 saturated heterocycles. The van der Waals surface area contributed by atoms with Crippen molar-refractivity contribution in [3.8, 4) is 0 Å². The van der Waals surface area contributed by atoms with Gasteiger partial charge in [-0.05, 0) is 143 Å². The van der Waals surface area contributed by atoms with Gasteiger partial charge in [0.15, 0.2) is 6.29 Å². The fourth-order valence-corrected chi connectivity index (χ4v) is 14.4. The van der Waals surface area contributed by atoms with Crippen molar-refractivity contribution in [2.45, 2.75) is 156 Å². The summed E-state index contributed by atoms with van der Waals surface area (Å²) in [4.78, 5) is 5.12. The molecule has 2 unspecified atom stereocenters. The average molecular weight is 703 g/mol. The van der Waals surface area contributed by atoms with Gasteiger partial charge in [0, 0.05) is 45.3 Å². The van der Waals surface area contributed by atoms with Crippen LogP contribution >= 0.6 is 0 Å². The summed E-state index contributed by atoms with van der Waals surface area (Å²) >= 11 is 0. The van der Waals surface area contributed by atoms with Crippen LogP contribution in [0.5, 0.6) is 0 Å². The molecule has 0 bridgehead atoms. The molecular formula is C42H74N2O6. The lowest BCUT2D eigenvalue weighted by Crippen LogP contribution is -2.60. The van der Waals surface area contributed by atoms with E-state index in [-0.39, 0.29) is 47.0 Å². The molecule has 288 valence electrons. The third-order valence-electron chi connectivity index (χ3n) is 17.3. The van der Waals surface area contributed by atoms with E-state index in [4.69, 9.17) is 18.9 Å². The Balaban J connectivity index is 1.04. The van der Waals surface area contributed by atoms with Crippen LogP contribution in [-0.4, -0.2) is 116 Å². The first kappa shape index (κ1) is 38.0. The number of hydrogen-bond donors (Lipinski definition) is 2. The lowest BCUT2D eigenvalue weighted by molar-refractivity contribution is -0.249. The Morgan fingerprint density at radius 2 is 1.64 bits per heavy atom. The molecule has 2 heterocycles. The summed E-state index contributed by atoms with van der Waals surface area (Å²) in [7, 11) is 1.76. The highest BCUT2D eigenvalue weighted by Crippen LogP contribution is 2.89. The molecule has 8 nitrogen and oxygen atoms in total. The highest BCUT2D eigenvalue weighted by atomic mass is 16.7. The van der Waals surface area contributed by atoms with Crippen LogP contribution in [-0.2, 0) is 18.9 Å². The van der Waals surface area contributed by atoms with E-state index in [2.05, 4.69) is 44.4 Å². The maximum absolute atomic E-state index is 12.2. The standard InChI is InChI=1S/C42H74N2O6/c1-10-48-36(38(5,6)46)30(47-9)24-28(2)29-25-33(45)40(8)32-13-12-31-37(3,4)34(14-15-41(31)27-42(32,41)17-16-39(29,40)7)50-35-26-44(22-23-49-35)21-20-43-18-11-19-43/h28-36,45-46H,10-27H2,1-9H3/t28-,29-,30?,31+,32?,33+,34+,35+,36+,39-,40-,41-,42+/m1/s1. The topological polar surface area (TPSA) is 83.9 Å². The number of aliphatic hydroxyl groups excluding tert-OH is 1. The van der Waals surface area contributed by atoms with Gasteiger partial charge in [-0.3, -0.25) is 4.90 Å². The summed E-state index contributed by atoms with van der Waals surface area (Å²) in [6.07, 6.45) is 11.0. The molecule has 5 saturated carbocycles. The number of ether oxygens (including phenoxy) is 4. The molecule has 2 aliphatic heterocycles. The van der Waals surface area contributed by atoms with E-state index >= 15 is 0 Å². The molecular weight excluding hydrogens is 628 g/mol. The highest BCUT2D eigenvalue weighted by Gasteiger charge is 2.83. The maximum atomic E-state index is 12.2. The molecule has 7 aliphatic rings. The molecule has 0 radical (unpaired) electrons. The van der Waals surface area contributed by atoms with E-state index in [1.807, 2.05) is 20.8 Å². The molecule has 0 aromatic carbocycles. The van der Waals surface area contributed by atoms with Crippen LogP contribution in [0, 0.1) is 50.7 Å². The zero-order valence-electron chi connectivity index (χ0n) is 33.3. The van der Waals surface area contributed by atoms with Crippen molar-refractivity contribution in [2.24, 2.45) is 50.7 Å². The SMILES string of the molecule is CCO[C@@H](C(C[C@@H](C)[C@H]1C[C@H](O)[C@@]2(C)C3CC[C@H]4C(C)(C)[C@@H](O[C@H]5CN(CCN6CCC6)CCO5)CC[C@@]45C[C@@]35CC[C@]12C)OC)C(C)(C)O. The Morgan fingerprint density at radius 3 is 2.30 bits per heavy atom. The summed E-state index contributed by atoms with van der Waals surface area (Å²) in [5.41, 5.74) is -0.157. The summed E-state index contributed by atoms with van der Waals surface area (Å²) in [6.45, 7) is 26.2. The lowest BCUT2D eigenvalue weighted by atomic mass is 9.41. The smallest absolute Gasteiger partial charge is 0.170 e. The molecule has 2 spiro atoms. The van der Waals surface area contributed by atoms with Gasteiger partial charge in [0.25, 0.3) is 0 Å². The van der Waals surface area contributed by atoms with Gasteiger partial charge in [-0.15, -0.1) is 0 Å². The number of methoxy groups -OCH3 is 1. The van der Waals surface area contributed by atoms with E-state index in [1.165, 1.54) is 64.6 Å². The van der Waals surface area contributed by atoms with Crippen molar-refractivity contribution >= 4 is 0 Å². The fraction of sp³-hybridized carbons (Fsp3) is 1.00.